The lowest BCUT2D eigenvalue weighted by atomic mass is 10.1. The molecule has 2 aromatic carbocycles. The first kappa shape index (κ1) is 11.8. The highest BCUT2D eigenvalue weighted by molar-refractivity contribution is 5.71. The minimum absolute atomic E-state index is 0.0439. The zero-order chi connectivity index (χ0) is 13.1. The molecule has 0 aliphatic carbocycles. The average molecular weight is 252 g/mol. The van der Waals surface area contributed by atoms with Crippen molar-refractivity contribution in [3.05, 3.63) is 72.3 Å². The van der Waals surface area contributed by atoms with E-state index in [2.05, 4.69) is 23.6 Å². The lowest BCUT2D eigenvalue weighted by Gasteiger charge is -2.26. The second-order valence-corrected chi connectivity index (χ2v) is 4.51. The van der Waals surface area contributed by atoms with Crippen molar-refractivity contribution >= 4 is 11.4 Å². The molecule has 1 aliphatic heterocycles. The summed E-state index contributed by atoms with van der Waals surface area (Å²) < 4.78 is 0. The van der Waals surface area contributed by atoms with Crippen LogP contribution in [0.4, 0.5) is 5.69 Å². The number of nitrogens with one attached hydrogen (secondary N) is 1. The van der Waals surface area contributed by atoms with Gasteiger partial charge in [-0.25, -0.2) is 0 Å². The summed E-state index contributed by atoms with van der Waals surface area (Å²) in [6, 6.07) is 20.1. The average Bonchev–Trinajstić information content (AvgIpc) is 2.93. The van der Waals surface area contributed by atoms with Crippen LogP contribution >= 0.6 is 0 Å². The van der Waals surface area contributed by atoms with Crippen LogP contribution in [0.5, 0.6) is 0 Å². The summed E-state index contributed by atoms with van der Waals surface area (Å²) in [6.45, 7) is 0.0816. The van der Waals surface area contributed by atoms with Crippen LogP contribution in [0.1, 0.15) is 5.56 Å². The van der Waals surface area contributed by atoms with E-state index >= 15 is 0 Å². The summed E-state index contributed by atoms with van der Waals surface area (Å²) in [7, 11) is 0. The summed E-state index contributed by atoms with van der Waals surface area (Å²) in [5, 5.41) is 11.5. The van der Waals surface area contributed by atoms with Gasteiger partial charge < -0.3 is 5.11 Å². The lowest BCUT2D eigenvalue weighted by molar-refractivity contribution is 0.279. The number of aliphatic hydroxyl groups is 1. The number of hydrogen-bond acceptors (Lipinski definition) is 3. The van der Waals surface area contributed by atoms with E-state index in [4.69, 9.17) is 0 Å². The molecule has 0 spiro atoms. The smallest absolute Gasteiger partial charge is 0.0938 e. The van der Waals surface area contributed by atoms with Gasteiger partial charge in [-0.3, -0.25) is 10.4 Å². The second kappa shape index (κ2) is 5.16. The van der Waals surface area contributed by atoms with E-state index in [0.29, 0.717) is 0 Å². The van der Waals surface area contributed by atoms with Crippen LogP contribution in [0.15, 0.2) is 66.7 Å². The summed E-state index contributed by atoms with van der Waals surface area (Å²) in [5.74, 6) is 0. The van der Waals surface area contributed by atoms with Crippen molar-refractivity contribution in [2.45, 2.75) is 6.04 Å². The van der Waals surface area contributed by atoms with Crippen LogP contribution in [0.2, 0.25) is 0 Å². The first-order chi connectivity index (χ1) is 9.38. The Hall–Kier alpha value is -2.26. The number of anilines is 1. The number of hydrazine groups is 1. The molecule has 1 atom stereocenters. The van der Waals surface area contributed by atoms with E-state index < -0.39 is 0 Å². The highest BCUT2D eigenvalue weighted by Gasteiger charge is 2.24. The normalized spacial score (nSPS) is 18.1. The van der Waals surface area contributed by atoms with Crippen molar-refractivity contribution < 1.29 is 5.11 Å². The number of rotatable bonds is 3. The van der Waals surface area contributed by atoms with Gasteiger partial charge in [-0.1, -0.05) is 48.5 Å². The van der Waals surface area contributed by atoms with Gasteiger partial charge in [0, 0.05) is 0 Å². The van der Waals surface area contributed by atoms with Gasteiger partial charge in [-0.15, -0.1) is 0 Å². The molecule has 1 aliphatic rings. The minimum atomic E-state index is -0.0439. The molecule has 0 aromatic heterocycles. The zero-order valence-electron chi connectivity index (χ0n) is 10.5. The third kappa shape index (κ3) is 2.33. The maximum Gasteiger partial charge on any atom is 0.0938 e. The molecule has 1 heterocycles. The maximum atomic E-state index is 9.54. The highest BCUT2D eigenvalue weighted by atomic mass is 16.3. The molecule has 0 radical (unpaired) electrons. The fraction of sp³-hybridized carbons (Fsp3) is 0.125. The van der Waals surface area contributed by atoms with E-state index in [1.807, 2.05) is 53.5 Å². The SMILES string of the molecule is OCC1C=C(c2ccccc2)NN1c1ccccc1. The Morgan fingerprint density at radius 3 is 2.21 bits per heavy atom. The zero-order valence-corrected chi connectivity index (χ0v) is 10.5. The largest absolute Gasteiger partial charge is 0.394 e. The lowest BCUT2D eigenvalue weighted by Crippen LogP contribution is -2.40. The molecule has 2 N–H and O–H groups in total. The van der Waals surface area contributed by atoms with Gasteiger partial charge in [0.1, 0.15) is 0 Å². The molecule has 0 fully saturated rings. The standard InChI is InChI=1S/C16H16N2O/c19-12-15-11-16(13-7-3-1-4-8-13)17-18(15)14-9-5-2-6-10-14/h1-11,15,17,19H,12H2. The van der Waals surface area contributed by atoms with Gasteiger partial charge in [-0.05, 0) is 23.8 Å². The molecule has 96 valence electrons. The van der Waals surface area contributed by atoms with Crippen molar-refractivity contribution in [1.82, 2.24) is 5.43 Å². The Morgan fingerprint density at radius 1 is 0.947 bits per heavy atom. The molecular weight excluding hydrogens is 236 g/mol. The van der Waals surface area contributed by atoms with Gasteiger partial charge in [-0.2, -0.15) is 0 Å². The van der Waals surface area contributed by atoms with Crippen molar-refractivity contribution in [2.75, 3.05) is 11.6 Å². The molecule has 0 bridgehead atoms. The molecule has 0 saturated heterocycles. The van der Waals surface area contributed by atoms with E-state index in [9.17, 15) is 5.11 Å². The highest BCUT2D eigenvalue weighted by Crippen LogP contribution is 2.25. The first-order valence-electron chi connectivity index (χ1n) is 6.37. The Morgan fingerprint density at radius 2 is 1.58 bits per heavy atom. The van der Waals surface area contributed by atoms with Crippen molar-refractivity contribution in [1.29, 1.82) is 0 Å². The monoisotopic (exact) mass is 252 g/mol. The Labute approximate surface area is 112 Å². The van der Waals surface area contributed by atoms with E-state index in [-0.39, 0.29) is 12.6 Å². The van der Waals surface area contributed by atoms with Crippen molar-refractivity contribution in [3.8, 4) is 0 Å². The van der Waals surface area contributed by atoms with Crippen molar-refractivity contribution in [2.24, 2.45) is 0 Å². The van der Waals surface area contributed by atoms with Gasteiger partial charge >= 0.3 is 0 Å². The molecule has 1 unspecified atom stereocenters. The van der Waals surface area contributed by atoms with Crippen LogP contribution in [-0.4, -0.2) is 17.8 Å². The Kier molecular flexibility index (Phi) is 3.21. The number of benzene rings is 2. The van der Waals surface area contributed by atoms with Gasteiger partial charge in [0.15, 0.2) is 0 Å². The Bertz CT molecular complexity index is 566. The molecule has 0 saturated carbocycles. The molecule has 3 nitrogen and oxygen atoms in total. The molecule has 3 heteroatoms. The fourth-order valence-electron chi connectivity index (χ4n) is 2.27. The molecule has 3 rings (SSSR count). The number of hydrogen-bond donors (Lipinski definition) is 2. The minimum Gasteiger partial charge on any atom is -0.394 e. The van der Waals surface area contributed by atoms with E-state index in [1.54, 1.807) is 0 Å². The maximum absolute atomic E-state index is 9.54. The van der Waals surface area contributed by atoms with Crippen LogP contribution in [0.3, 0.4) is 0 Å². The van der Waals surface area contributed by atoms with Crippen LogP contribution in [0.25, 0.3) is 5.70 Å². The number of para-hydroxylation sites is 1. The third-order valence-corrected chi connectivity index (χ3v) is 3.24. The molecule has 0 amide bonds. The Balaban J connectivity index is 1.88. The van der Waals surface area contributed by atoms with Gasteiger partial charge in [0.25, 0.3) is 0 Å². The van der Waals surface area contributed by atoms with Crippen LogP contribution in [0, 0.1) is 0 Å². The van der Waals surface area contributed by atoms with Crippen LogP contribution in [-0.2, 0) is 0 Å². The topological polar surface area (TPSA) is 35.5 Å². The number of aliphatic hydroxyl groups excluding tert-OH is 1. The van der Waals surface area contributed by atoms with Gasteiger partial charge in [0.05, 0.1) is 24.0 Å². The van der Waals surface area contributed by atoms with Crippen molar-refractivity contribution in [3.63, 3.8) is 0 Å². The fourth-order valence-corrected chi connectivity index (χ4v) is 2.27. The third-order valence-electron chi connectivity index (χ3n) is 3.24. The number of nitrogens with zero attached hydrogens (tertiary/aromatic N) is 1. The van der Waals surface area contributed by atoms with Crippen LogP contribution < -0.4 is 10.4 Å². The van der Waals surface area contributed by atoms with E-state index in [1.165, 1.54) is 0 Å². The predicted molar refractivity (Wildman–Crippen MR) is 77.3 cm³/mol. The summed E-state index contributed by atoms with van der Waals surface area (Å²) in [4.78, 5) is 0. The second-order valence-electron chi connectivity index (χ2n) is 4.51. The first-order valence-corrected chi connectivity index (χ1v) is 6.37. The molecule has 2 aromatic rings. The summed E-state index contributed by atoms with van der Waals surface area (Å²) >= 11 is 0. The summed E-state index contributed by atoms with van der Waals surface area (Å²) in [6.07, 6.45) is 2.06. The van der Waals surface area contributed by atoms with Gasteiger partial charge in [0.2, 0.25) is 0 Å². The molecule has 19 heavy (non-hydrogen) atoms. The summed E-state index contributed by atoms with van der Waals surface area (Å²) in [5.41, 5.74) is 6.56. The quantitative estimate of drug-likeness (QED) is 0.880. The molecular formula is C16H16N2O. The predicted octanol–water partition coefficient (Wildman–Crippen LogP) is 2.41. The van der Waals surface area contributed by atoms with E-state index in [0.717, 1.165) is 16.9 Å².